The Labute approximate surface area is 501 Å². The van der Waals surface area contributed by atoms with Gasteiger partial charge in [0.25, 0.3) is 0 Å². The second kappa shape index (κ2) is 44.5. The summed E-state index contributed by atoms with van der Waals surface area (Å²) < 4.78 is 167. The van der Waals surface area contributed by atoms with Crippen molar-refractivity contribution in [2.45, 2.75) is 224 Å². The van der Waals surface area contributed by atoms with Crippen molar-refractivity contribution >= 4 is 47.5 Å². The molecule has 29 heteroatoms. The van der Waals surface area contributed by atoms with E-state index in [1.807, 2.05) is 0 Å². The minimum Gasteiger partial charge on any atom is -0.726 e. The van der Waals surface area contributed by atoms with Gasteiger partial charge in [-0.15, -0.1) is 0 Å². The molecule has 1 amide bonds. The molecule has 0 unspecified atom stereocenters. The van der Waals surface area contributed by atoms with Crippen molar-refractivity contribution in [2.24, 2.45) is 0 Å². The van der Waals surface area contributed by atoms with E-state index < -0.39 is 104 Å². The Hall–Kier alpha value is 2.57. The van der Waals surface area contributed by atoms with Crippen LogP contribution < -0.4 is 124 Å². The Balaban J connectivity index is -0.00000528. The number of hydrogen-bond donors (Lipinski definition) is 2. The number of allylic oxidation sites excluding steroid dienone is 1. The smallest absolute Gasteiger partial charge is 0.726 e. The molecule has 7 atom stereocenters. The molecule has 2 N–H and O–H groups in total. The van der Waals surface area contributed by atoms with Gasteiger partial charge in [-0.3, -0.25) is 21.5 Å². The van der Waals surface area contributed by atoms with Crippen molar-refractivity contribution in [1.82, 2.24) is 5.32 Å². The van der Waals surface area contributed by atoms with Crippen molar-refractivity contribution in [3.63, 3.8) is 0 Å². The third kappa shape index (κ3) is 44.3. The van der Waals surface area contributed by atoms with Crippen molar-refractivity contribution in [3.8, 4) is 0 Å². The molecule has 0 aromatic carbocycles. The molecule has 0 aliphatic carbocycles. The van der Waals surface area contributed by atoms with Crippen LogP contribution in [0.25, 0.3) is 0 Å². The Morgan fingerprint density at radius 2 is 0.942 bits per heavy atom. The zero-order chi connectivity index (χ0) is 48.8. The summed E-state index contributed by atoms with van der Waals surface area (Å²) in [5.41, 5.74) is 0. The predicted octanol–water partition coefficient (Wildman–Crippen LogP) is -6.66. The van der Waals surface area contributed by atoms with Crippen LogP contribution in [0.4, 0.5) is 0 Å². The van der Waals surface area contributed by atoms with E-state index in [1.54, 1.807) is 6.08 Å². The van der Waals surface area contributed by atoms with Crippen LogP contribution in [0.15, 0.2) is 12.2 Å². The molecule has 386 valence electrons. The van der Waals surface area contributed by atoms with Gasteiger partial charge >= 0.3 is 118 Å². The van der Waals surface area contributed by atoms with E-state index in [2.05, 4.69) is 35.9 Å². The number of ether oxygens (including phenoxy) is 2. The summed E-state index contributed by atoms with van der Waals surface area (Å²) in [6.45, 7) is 1.92. The maximum absolute atomic E-state index is 13.2. The number of aliphatic hydroxyl groups excluding tert-OH is 1. The van der Waals surface area contributed by atoms with Crippen LogP contribution >= 0.6 is 0 Å². The normalized spacial score (nSPS) is 19.7. The van der Waals surface area contributed by atoms with Gasteiger partial charge in [-0.1, -0.05) is 167 Å². The molecule has 0 aromatic rings. The molecule has 0 spiro atoms. The second-order valence-electron chi connectivity index (χ2n) is 16.4. The van der Waals surface area contributed by atoms with Gasteiger partial charge in [0.05, 0.1) is 25.4 Å². The minimum absolute atomic E-state index is 0. The summed E-state index contributed by atoms with van der Waals surface area (Å²) in [6, 6.07) is -1.39. The Bertz CT molecular complexity index is 1770. The average Bonchev–Trinajstić information content (AvgIpc) is 3.19. The number of carbonyl (C=O) groups excluding carboxylic acids is 1. The predicted molar refractivity (Wildman–Crippen MR) is 232 cm³/mol. The van der Waals surface area contributed by atoms with Crippen LogP contribution in [-0.2, 0) is 72.6 Å². The zero-order valence-electron chi connectivity index (χ0n) is 41.8. The molecule has 1 fully saturated rings. The molecule has 69 heavy (non-hydrogen) atoms. The topological polar surface area (TPSA) is 334 Å². The third-order valence-electron chi connectivity index (χ3n) is 10.7. The maximum Gasteiger partial charge on any atom is 1.00 e. The van der Waals surface area contributed by atoms with E-state index in [4.69, 9.17) is 9.47 Å². The molecule has 0 radical (unpaired) electrons. The van der Waals surface area contributed by atoms with E-state index in [-0.39, 0.29) is 125 Å². The molecule has 1 aliphatic rings. The van der Waals surface area contributed by atoms with E-state index in [1.165, 1.54) is 89.5 Å². The molecule has 1 aliphatic heterocycles. The van der Waals surface area contributed by atoms with Crippen molar-refractivity contribution < 1.29 is 206 Å². The van der Waals surface area contributed by atoms with Gasteiger partial charge in [0.2, 0.25) is 47.5 Å². The largest absolute Gasteiger partial charge is 1.00 e. The summed E-state index contributed by atoms with van der Waals surface area (Å²) >= 11 is 0. The van der Waals surface area contributed by atoms with E-state index in [0.717, 1.165) is 64.2 Å². The fourth-order valence-corrected chi connectivity index (χ4v) is 9.11. The Morgan fingerprint density at radius 3 is 1.35 bits per heavy atom. The summed E-state index contributed by atoms with van der Waals surface area (Å²) in [7, 11) is -23.6. The summed E-state index contributed by atoms with van der Waals surface area (Å²) in [6.07, 6.45) is 15.0. The van der Waals surface area contributed by atoms with Crippen molar-refractivity contribution in [3.05, 3.63) is 12.2 Å². The monoisotopic (exact) mass is 1110 g/mol. The van der Waals surface area contributed by atoms with Crippen LogP contribution in [0, 0.1) is 0 Å². The van der Waals surface area contributed by atoms with Crippen LogP contribution in [0.3, 0.4) is 0 Å². The number of amides is 1. The minimum atomic E-state index is -6.05. The number of nitrogens with one attached hydrogen (secondary N) is 1. The van der Waals surface area contributed by atoms with Gasteiger partial charge in [-0.2, -0.15) is 0 Å². The molecule has 0 saturated carbocycles. The first kappa shape index (κ1) is 78.1. The number of hydrogen-bond acceptors (Lipinski definition) is 20. The fraction of sp³-hybridized carbons (Fsp3) is 0.925. The van der Waals surface area contributed by atoms with Crippen LogP contribution in [0.1, 0.15) is 181 Å². The van der Waals surface area contributed by atoms with Crippen molar-refractivity contribution in [1.29, 1.82) is 0 Å². The summed E-state index contributed by atoms with van der Waals surface area (Å²) in [5, 5.41) is 13.8. The second-order valence-corrected chi connectivity index (χ2v) is 20.5. The Kier molecular flexibility index (Phi) is 50.4. The van der Waals surface area contributed by atoms with E-state index in [0.29, 0.717) is 12.8 Å². The molecule has 1 rings (SSSR count). The van der Waals surface area contributed by atoms with Gasteiger partial charge in [0.1, 0.15) is 18.3 Å². The van der Waals surface area contributed by atoms with E-state index in [9.17, 15) is 61.8 Å². The average molecular weight is 1110 g/mol. The first-order chi connectivity index (χ1) is 30.5. The number of carbonyl (C=O) groups is 1. The van der Waals surface area contributed by atoms with Gasteiger partial charge in [0.15, 0.2) is 12.4 Å². The molecule has 0 aromatic heterocycles. The summed E-state index contributed by atoms with van der Waals surface area (Å²) in [5.74, 6) is -0.543. The first-order valence-corrected chi connectivity index (χ1v) is 28.3. The molecule has 1 saturated heterocycles. The van der Waals surface area contributed by atoms with Gasteiger partial charge in [-0.25, -0.2) is 33.7 Å². The van der Waals surface area contributed by atoms with Crippen LogP contribution in [-0.4, -0.2) is 119 Å². The SMILES string of the molecule is CCCCCCCCCCCCC/C=C/[C@@H](O)[C@H](CO[C@H]1O[C@H](COS(=O)(=O)[O-])[C@H](OS(=O)(=O)[O-])[C@H](OS(=O)(=O)[O-])[C@H]1OS(=O)(=O)[O-])NC(=O)CCCCCCCCCCCCCCC.[Na+].[Na+].[Na+].[Na+]. The standard InChI is InChI=1S/C40H77NO20S4.4Na/c1-3-5-7-9-11-13-15-17-19-21-23-25-27-29-34(42)33(41-36(43)30-28-26-24-22-20-18-16-14-12-10-8-6-4-2)31-56-40-39(61-65(53,54)55)38(60-64(50,51)52)37(59-63(47,48)49)35(58-40)32-57-62(44,45)46;;;;/h27,29,33-35,37-40,42H,3-26,28,30-32H2,1-2H3,(H,41,43)(H,44,45,46)(H,47,48,49)(H,50,51,52)(H,53,54,55);;;;/q;4*+1/p-4/b29-27+;;;;/t33-,34+,35+,37-,38-,39+,40-;;;;/m0..../s1. The van der Waals surface area contributed by atoms with Crippen LogP contribution in [0.5, 0.6) is 0 Å². The number of rotatable bonds is 41. The number of aliphatic hydroxyl groups is 1. The molecule has 1 heterocycles. The van der Waals surface area contributed by atoms with Gasteiger partial charge in [0, 0.05) is 6.42 Å². The number of unbranched alkanes of at least 4 members (excludes halogenated alkanes) is 23. The van der Waals surface area contributed by atoms with Gasteiger partial charge < -0.3 is 38.1 Å². The first-order valence-electron chi connectivity index (χ1n) is 23.0. The molecular formula is C40H73NNa4O20S4. The quantitative estimate of drug-likeness (QED) is 0.0189. The van der Waals surface area contributed by atoms with Gasteiger partial charge in [-0.05, 0) is 19.3 Å². The van der Waals surface area contributed by atoms with Crippen molar-refractivity contribution in [2.75, 3.05) is 13.2 Å². The zero-order valence-corrected chi connectivity index (χ0v) is 53.1. The van der Waals surface area contributed by atoms with E-state index >= 15 is 0 Å². The molecular weight excluding hydrogens is 1030 g/mol. The van der Waals surface area contributed by atoms with Crippen LogP contribution in [0.2, 0.25) is 0 Å². The molecule has 21 nitrogen and oxygen atoms in total. The summed E-state index contributed by atoms with van der Waals surface area (Å²) in [4.78, 5) is 13.2. The Morgan fingerprint density at radius 1 is 0.565 bits per heavy atom. The molecule has 0 bridgehead atoms. The third-order valence-corrected chi connectivity index (χ3v) is 12.5. The fourth-order valence-electron chi connectivity index (χ4n) is 7.34. The maximum atomic E-state index is 13.2.